The zero-order chi connectivity index (χ0) is 9.56. The lowest BCUT2D eigenvalue weighted by Crippen LogP contribution is -2.34. The van der Waals surface area contributed by atoms with Crippen molar-refractivity contribution in [2.75, 3.05) is 6.54 Å². The second-order valence-electron chi connectivity index (χ2n) is 3.97. The maximum atomic E-state index is 3.95. The number of hydrogen-bond donors (Lipinski definition) is 1. The fourth-order valence-electron chi connectivity index (χ4n) is 1.25. The van der Waals surface area contributed by atoms with Crippen LogP contribution in [-0.4, -0.2) is 12.6 Å². The van der Waals surface area contributed by atoms with Crippen LogP contribution in [0.3, 0.4) is 0 Å². The lowest BCUT2D eigenvalue weighted by Gasteiger charge is -2.22. The molecule has 1 nitrogen and oxygen atoms in total. The van der Waals surface area contributed by atoms with Gasteiger partial charge in [0.25, 0.3) is 0 Å². The van der Waals surface area contributed by atoms with Crippen LogP contribution in [0.5, 0.6) is 0 Å². The third-order valence-electron chi connectivity index (χ3n) is 2.03. The van der Waals surface area contributed by atoms with Crippen LogP contribution in [0.2, 0.25) is 0 Å². The molecule has 0 rings (SSSR count). The lowest BCUT2D eigenvalue weighted by atomic mass is 9.97. The van der Waals surface area contributed by atoms with Gasteiger partial charge >= 0.3 is 0 Å². The fraction of sp³-hybridized carbons (Fsp3) is 0.818. The first kappa shape index (κ1) is 11.7. The predicted octanol–water partition coefficient (Wildman–Crippen LogP) is 2.98. The van der Waals surface area contributed by atoms with Crippen LogP contribution in [0.1, 0.15) is 40.5 Å². The molecule has 1 heteroatoms. The summed E-state index contributed by atoms with van der Waals surface area (Å²) in [6.45, 7) is 13.9. The predicted molar refractivity (Wildman–Crippen MR) is 56.4 cm³/mol. The van der Waals surface area contributed by atoms with E-state index in [1.807, 2.05) is 0 Å². The molecule has 0 bridgehead atoms. The topological polar surface area (TPSA) is 12.0 Å². The highest BCUT2D eigenvalue weighted by Gasteiger charge is 2.11. The van der Waals surface area contributed by atoms with Crippen molar-refractivity contribution in [3.8, 4) is 0 Å². The Hall–Kier alpha value is -0.300. The second-order valence-corrected chi connectivity index (χ2v) is 3.97. The van der Waals surface area contributed by atoms with E-state index in [9.17, 15) is 0 Å². The number of hydrogen-bond acceptors (Lipinski definition) is 1. The highest BCUT2D eigenvalue weighted by molar-refractivity contribution is 4.93. The largest absolute Gasteiger partial charge is 0.313 e. The summed E-state index contributed by atoms with van der Waals surface area (Å²) in [5.41, 5.74) is 1.28. The Morgan fingerprint density at radius 2 is 2.00 bits per heavy atom. The Labute approximate surface area is 77.2 Å². The second kappa shape index (κ2) is 6.24. The standard InChI is InChI=1S/C11H23N/c1-6-7-12-11(10(4)5)8-9(2)3/h10-12H,2,6-8H2,1,3-5H3. The maximum absolute atomic E-state index is 3.95. The molecule has 0 heterocycles. The number of rotatable bonds is 6. The first-order valence-corrected chi connectivity index (χ1v) is 4.95. The van der Waals surface area contributed by atoms with Crippen molar-refractivity contribution in [3.05, 3.63) is 12.2 Å². The molecular formula is C11H23N. The van der Waals surface area contributed by atoms with Gasteiger partial charge in [-0.3, -0.25) is 0 Å². The Morgan fingerprint density at radius 3 is 2.33 bits per heavy atom. The van der Waals surface area contributed by atoms with Crippen molar-refractivity contribution in [1.29, 1.82) is 0 Å². The highest BCUT2D eigenvalue weighted by Crippen LogP contribution is 2.10. The van der Waals surface area contributed by atoms with E-state index < -0.39 is 0 Å². The van der Waals surface area contributed by atoms with Gasteiger partial charge in [-0.2, -0.15) is 0 Å². The molecule has 0 aromatic rings. The van der Waals surface area contributed by atoms with Crippen molar-refractivity contribution >= 4 is 0 Å². The Morgan fingerprint density at radius 1 is 1.42 bits per heavy atom. The zero-order valence-corrected chi connectivity index (χ0v) is 8.98. The highest BCUT2D eigenvalue weighted by atomic mass is 14.9. The van der Waals surface area contributed by atoms with Crippen LogP contribution in [0.4, 0.5) is 0 Å². The summed E-state index contributed by atoms with van der Waals surface area (Å²) in [6.07, 6.45) is 2.32. The summed E-state index contributed by atoms with van der Waals surface area (Å²) < 4.78 is 0. The average Bonchev–Trinajstić information content (AvgIpc) is 1.96. The summed E-state index contributed by atoms with van der Waals surface area (Å²) in [4.78, 5) is 0. The van der Waals surface area contributed by atoms with Crippen LogP contribution >= 0.6 is 0 Å². The Bertz CT molecular complexity index is 127. The molecule has 0 aliphatic carbocycles. The molecule has 72 valence electrons. The van der Waals surface area contributed by atoms with Crippen molar-refractivity contribution in [1.82, 2.24) is 5.32 Å². The van der Waals surface area contributed by atoms with Gasteiger partial charge in [0, 0.05) is 6.04 Å². The van der Waals surface area contributed by atoms with Gasteiger partial charge in [0.15, 0.2) is 0 Å². The zero-order valence-electron chi connectivity index (χ0n) is 8.98. The van der Waals surface area contributed by atoms with Crippen LogP contribution in [0.25, 0.3) is 0 Å². The van der Waals surface area contributed by atoms with E-state index >= 15 is 0 Å². The molecule has 0 radical (unpaired) electrons. The molecule has 0 saturated heterocycles. The van der Waals surface area contributed by atoms with Gasteiger partial charge in [0.05, 0.1) is 0 Å². The summed E-state index contributed by atoms with van der Waals surface area (Å²) in [7, 11) is 0. The molecule has 1 atom stereocenters. The van der Waals surface area contributed by atoms with Crippen LogP contribution in [-0.2, 0) is 0 Å². The van der Waals surface area contributed by atoms with E-state index in [1.54, 1.807) is 0 Å². The third kappa shape index (κ3) is 5.36. The minimum absolute atomic E-state index is 0.613. The van der Waals surface area contributed by atoms with Crippen molar-refractivity contribution in [2.45, 2.75) is 46.6 Å². The van der Waals surface area contributed by atoms with E-state index in [1.165, 1.54) is 12.0 Å². The lowest BCUT2D eigenvalue weighted by molar-refractivity contribution is 0.397. The van der Waals surface area contributed by atoms with E-state index in [0.29, 0.717) is 12.0 Å². The fourth-order valence-corrected chi connectivity index (χ4v) is 1.25. The SMILES string of the molecule is C=C(C)CC(NCCC)C(C)C. The van der Waals surface area contributed by atoms with E-state index in [-0.39, 0.29) is 0 Å². The smallest absolute Gasteiger partial charge is 0.0127 e. The maximum Gasteiger partial charge on any atom is 0.0127 e. The van der Waals surface area contributed by atoms with E-state index in [2.05, 4.69) is 39.6 Å². The van der Waals surface area contributed by atoms with Gasteiger partial charge in [-0.05, 0) is 32.2 Å². The molecule has 12 heavy (non-hydrogen) atoms. The van der Waals surface area contributed by atoms with E-state index in [4.69, 9.17) is 0 Å². The van der Waals surface area contributed by atoms with Crippen molar-refractivity contribution in [2.24, 2.45) is 5.92 Å². The number of nitrogens with one attached hydrogen (secondary N) is 1. The average molecular weight is 169 g/mol. The minimum Gasteiger partial charge on any atom is -0.313 e. The molecule has 0 amide bonds. The molecule has 0 aliphatic heterocycles. The summed E-state index contributed by atoms with van der Waals surface area (Å²) in [5, 5.41) is 3.54. The minimum atomic E-state index is 0.613. The molecular weight excluding hydrogens is 146 g/mol. The Balaban J connectivity index is 3.78. The molecule has 0 spiro atoms. The molecule has 0 saturated carbocycles. The summed E-state index contributed by atoms with van der Waals surface area (Å²) >= 11 is 0. The molecule has 0 aromatic carbocycles. The van der Waals surface area contributed by atoms with Crippen molar-refractivity contribution < 1.29 is 0 Å². The monoisotopic (exact) mass is 169 g/mol. The normalized spacial score (nSPS) is 13.4. The molecule has 0 aromatic heterocycles. The first-order chi connectivity index (χ1) is 5.57. The molecule has 0 fully saturated rings. The first-order valence-electron chi connectivity index (χ1n) is 4.95. The van der Waals surface area contributed by atoms with E-state index in [0.717, 1.165) is 13.0 Å². The summed E-state index contributed by atoms with van der Waals surface area (Å²) in [5.74, 6) is 0.702. The Kier molecular flexibility index (Phi) is 6.09. The van der Waals surface area contributed by atoms with Crippen molar-refractivity contribution in [3.63, 3.8) is 0 Å². The van der Waals surface area contributed by atoms with Gasteiger partial charge < -0.3 is 5.32 Å². The van der Waals surface area contributed by atoms with Gasteiger partial charge in [-0.25, -0.2) is 0 Å². The molecule has 1 N–H and O–H groups in total. The third-order valence-corrected chi connectivity index (χ3v) is 2.03. The van der Waals surface area contributed by atoms with Crippen LogP contribution in [0.15, 0.2) is 12.2 Å². The van der Waals surface area contributed by atoms with Gasteiger partial charge in [0.1, 0.15) is 0 Å². The quantitative estimate of drug-likeness (QED) is 0.603. The summed E-state index contributed by atoms with van der Waals surface area (Å²) in [6, 6.07) is 0.613. The molecule has 1 unspecified atom stereocenters. The van der Waals surface area contributed by atoms with Crippen LogP contribution < -0.4 is 5.32 Å². The van der Waals surface area contributed by atoms with Crippen LogP contribution in [0, 0.1) is 5.92 Å². The van der Waals surface area contributed by atoms with Gasteiger partial charge in [-0.15, -0.1) is 6.58 Å². The van der Waals surface area contributed by atoms with Gasteiger partial charge in [-0.1, -0.05) is 26.3 Å². The van der Waals surface area contributed by atoms with Gasteiger partial charge in [0.2, 0.25) is 0 Å². The molecule has 0 aliphatic rings.